The van der Waals surface area contributed by atoms with Gasteiger partial charge in [0.15, 0.2) is 0 Å². The number of rotatable bonds is 5. The molecule has 1 aliphatic rings. The molecule has 0 spiro atoms. The molecule has 1 aliphatic carbocycles. The Balaban J connectivity index is 2.10. The highest BCUT2D eigenvalue weighted by molar-refractivity contribution is 5.47. The van der Waals surface area contributed by atoms with Gasteiger partial charge < -0.3 is 10.6 Å². The first-order valence-electron chi connectivity index (χ1n) is 6.07. The third-order valence-corrected chi connectivity index (χ3v) is 3.02. The highest BCUT2D eigenvalue weighted by Crippen LogP contribution is 2.31. The lowest BCUT2D eigenvalue weighted by Crippen LogP contribution is -2.26. The Morgan fingerprint density at radius 3 is 2.82 bits per heavy atom. The molecule has 1 heterocycles. The lowest BCUT2D eigenvalue weighted by atomic mass is 10.2. The van der Waals surface area contributed by atoms with Crippen molar-refractivity contribution in [3.05, 3.63) is 24.0 Å². The van der Waals surface area contributed by atoms with Crippen LogP contribution in [0.2, 0.25) is 0 Å². The third-order valence-electron chi connectivity index (χ3n) is 3.02. The molecule has 1 atom stereocenters. The van der Waals surface area contributed by atoms with Gasteiger partial charge in [-0.25, -0.2) is 0 Å². The molecule has 1 fully saturated rings. The summed E-state index contributed by atoms with van der Waals surface area (Å²) < 4.78 is 0. The minimum atomic E-state index is -0.0301. The molecular formula is C13H18N4. The van der Waals surface area contributed by atoms with Crippen LogP contribution < -0.4 is 10.6 Å². The fourth-order valence-electron chi connectivity index (χ4n) is 1.92. The molecule has 0 amide bonds. The summed E-state index contributed by atoms with van der Waals surface area (Å²) >= 11 is 0. The van der Waals surface area contributed by atoms with Gasteiger partial charge in [-0.1, -0.05) is 0 Å². The van der Waals surface area contributed by atoms with Crippen molar-refractivity contribution in [2.45, 2.75) is 38.3 Å². The molecule has 2 N–H and O–H groups in total. The summed E-state index contributed by atoms with van der Waals surface area (Å²) in [6.45, 7) is 2.72. The molecule has 1 aromatic heterocycles. The van der Waals surface area contributed by atoms with Gasteiger partial charge in [0.05, 0.1) is 30.1 Å². The molecule has 0 unspecified atom stereocenters. The predicted molar refractivity (Wildman–Crippen MR) is 67.4 cm³/mol. The van der Waals surface area contributed by atoms with Crippen LogP contribution in [0.3, 0.4) is 0 Å². The summed E-state index contributed by atoms with van der Waals surface area (Å²) in [5, 5.41) is 8.67. The van der Waals surface area contributed by atoms with Gasteiger partial charge in [0.2, 0.25) is 0 Å². The quantitative estimate of drug-likeness (QED) is 0.840. The second-order valence-corrected chi connectivity index (χ2v) is 4.56. The van der Waals surface area contributed by atoms with Crippen LogP contribution in [-0.4, -0.2) is 17.6 Å². The van der Waals surface area contributed by atoms with Gasteiger partial charge in [0.25, 0.3) is 0 Å². The Hall–Kier alpha value is -1.60. The van der Waals surface area contributed by atoms with Gasteiger partial charge >= 0.3 is 0 Å². The van der Waals surface area contributed by atoms with Crippen LogP contribution in [0.4, 0.5) is 5.69 Å². The van der Waals surface area contributed by atoms with Crippen molar-refractivity contribution in [1.82, 2.24) is 4.98 Å². The molecule has 90 valence electrons. The molecule has 0 radical (unpaired) electrons. The lowest BCUT2D eigenvalue weighted by molar-refractivity contribution is 0.766. The third kappa shape index (κ3) is 2.95. The topological polar surface area (TPSA) is 65.9 Å². The first-order chi connectivity index (χ1) is 8.22. The van der Waals surface area contributed by atoms with Gasteiger partial charge in [0.1, 0.15) is 0 Å². The van der Waals surface area contributed by atoms with E-state index in [1.807, 2.05) is 19.2 Å². The number of hydrogen-bond donors (Lipinski definition) is 1. The second-order valence-electron chi connectivity index (χ2n) is 4.56. The predicted octanol–water partition coefficient (Wildman–Crippen LogP) is 1.98. The van der Waals surface area contributed by atoms with Crippen molar-refractivity contribution in [3.8, 4) is 6.07 Å². The fraction of sp³-hybridized carbons (Fsp3) is 0.538. The monoisotopic (exact) mass is 230 g/mol. The van der Waals surface area contributed by atoms with Crippen molar-refractivity contribution in [2.75, 3.05) is 11.4 Å². The van der Waals surface area contributed by atoms with E-state index in [1.165, 1.54) is 12.8 Å². The fourth-order valence-corrected chi connectivity index (χ4v) is 1.92. The zero-order chi connectivity index (χ0) is 12.3. The standard InChI is InChI=1S/C13H18N4/c1-10(15)13-6-5-12(9-16-13)17(8-2-7-14)11-3-4-11/h5-6,9-11H,2-4,8,15H2,1H3/t10-/m0/s1. The lowest BCUT2D eigenvalue weighted by Gasteiger charge is -2.23. The summed E-state index contributed by atoms with van der Waals surface area (Å²) in [5.41, 5.74) is 7.78. The maximum absolute atomic E-state index is 8.67. The molecule has 0 bridgehead atoms. The molecule has 0 aromatic carbocycles. The first kappa shape index (κ1) is 11.9. The molecule has 0 aliphatic heterocycles. The van der Waals surface area contributed by atoms with Gasteiger partial charge in [0, 0.05) is 18.6 Å². The van der Waals surface area contributed by atoms with Crippen LogP contribution in [0, 0.1) is 11.3 Å². The SMILES string of the molecule is C[C@H](N)c1ccc(N(CCC#N)C2CC2)cn1. The number of nitrogens with zero attached hydrogens (tertiary/aromatic N) is 3. The van der Waals surface area contributed by atoms with E-state index in [4.69, 9.17) is 11.0 Å². The van der Waals surface area contributed by atoms with Crippen LogP contribution in [0.5, 0.6) is 0 Å². The summed E-state index contributed by atoms with van der Waals surface area (Å²) in [5.74, 6) is 0. The van der Waals surface area contributed by atoms with E-state index in [9.17, 15) is 0 Å². The van der Waals surface area contributed by atoms with Crippen LogP contribution in [-0.2, 0) is 0 Å². The molecular weight excluding hydrogens is 212 g/mol. The Labute approximate surface area is 102 Å². The van der Waals surface area contributed by atoms with Crippen LogP contribution in [0.1, 0.15) is 37.9 Å². The molecule has 0 saturated heterocycles. The van der Waals surface area contributed by atoms with Gasteiger partial charge in [-0.05, 0) is 31.9 Å². The minimum Gasteiger partial charge on any atom is -0.366 e. The number of hydrogen-bond acceptors (Lipinski definition) is 4. The van der Waals surface area contributed by atoms with E-state index in [2.05, 4.69) is 22.0 Å². The van der Waals surface area contributed by atoms with Gasteiger partial charge in [-0.2, -0.15) is 5.26 Å². The highest BCUT2D eigenvalue weighted by atomic mass is 15.2. The highest BCUT2D eigenvalue weighted by Gasteiger charge is 2.29. The van der Waals surface area contributed by atoms with E-state index < -0.39 is 0 Å². The number of nitrogens with two attached hydrogens (primary N) is 1. The maximum atomic E-state index is 8.67. The van der Waals surface area contributed by atoms with E-state index in [1.54, 1.807) is 0 Å². The molecule has 4 nitrogen and oxygen atoms in total. The van der Waals surface area contributed by atoms with Crippen LogP contribution in [0.15, 0.2) is 18.3 Å². The Kier molecular flexibility index (Phi) is 3.60. The van der Waals surface area contributed by atoms with Crippen molar-refractivity contribution in [3.63, 3.8) is 0 Å². The molecule has 2 rings (SSSR count). The van der Waals surface area contributed by atoms with Crippen LogP contribution in [0.25, 0.3) is 0 Å². The summed E-state index contributed by atoms with van der Waals surface area (Å²) in [6.07, 6.45) is 4.88. The van der Waals surface area contributed by atoms with Crippen molar-refractivity contribution in [1.29, 1.82) is 5.26 Å². The zero-order valence-corrected chi connectivity index (χ0v) is 10.1. The normalized spacial score (nSPS) is 16.3. The minimum absolute atomic E-state index is 0.0301. The van der Waals surface area contributed by atoms with Crippen molar-refractivity contribution >= 4 is 5.69 Å². The summed E-state index contributed by atoms with van der Waals surface area (Å²) in [7, 11) is 0. The van der Waals surface area contributed by atoms with Gasteiger partial charge in [-0.15, -0.1) is 0 Å². The summed E-state index contributed by atoms with van der Waals surface area (Å²) in [4.78, 5) is 6.65. The van der Waals surface area contributed by atoms with E-state index in [0.29, 0.717) is 12.5 Å². The Morgan fingerprint density at radius 1 is 1.59 bits per heavy atom. The molecule has 17 heavy (non-hydrogen) atoms. The average molecular weight is 230 g/mol. The van der Waals surface area contributed by atoms with Crippen LogP contribution >= 0.6 is 0 Å². The zero-order valence-electron chi connectivity index (χ0n) is 10.1. The maximum Gasteiger partial charge on any atom is 0.0640 e. The number of pyridine rings is 1. The smallest absolute Gasteiger partial charge is 0.0640 e. The van der Waals surface area contributed by atoms with Crippen molar-refractivity contribution in [2.24, 2.45) is 5.73 Å². The molecule has 1 aromatic rings. The largest absolute Gasteiger partial charge is 0.366 e. The number of anilines is 1. The summed E-state index contributed by atoms with van der Waals surface area (Å²) in [6, 6.07) is 6.80. The first-order valence-corrected chi connectivity index (χ1v) is 6.07. The molecule has 1 saturated carbocycles. The number of nitriles is 1. The van der Waals surface area contributed by atoms with E-state index >= 15 is 0 Å². The van der Waals surface area contributed by atoms with E-state index in [-0.39, 0.29) is 6.04 Å². The second kappa shape index (κ2) is 5.15. The van der Waals surface area contributed by atoms with E-state index in [0.717, 1.165) is 17.9 Å². The Bertz CT molecular complexity index is 400. The van der Waals surface area contributed by atoms with Crippen molar-refractivity contribution < 1.29 is 0 Å². The number of aromatic nitrogens is 1. The Morgan fingerprint density at radius 2 is 2.35 bits per heavy atom. The average Bonchev–Trinajstić information content (AvgIpc) is 3.14. The molecule has 4 heteroatoms. The van der Waals surface area contributed by atoms with Gasteiger partial charge in [-0.3, -0.25) is 4.98 Å².